The SMILES string of the molecule is Cc1csc(NC(=O)CN(C)c2ccccc2Oc2ccccc2)n1. The summed E-state index contributed by atoms with van der Waals surface area (Å²) < 4.78 is 5.95. The lowest BCUT2D eigenvalue weighted by Crippen LogP contribution is -2.30. The Bertz CT molecular complexity index is 849. The molecule has 0 atom stereocenters. The maximum atomic E-state index is 12.2. The number of aryl methyl sites for hydroxylation is 1. The number of nitrogens with zero attached hydrogens (tertiary/aromatic N) is 2. The highest BCUT2D eigenvalue weighted by atomic mass is 32.1. The van der Waals surface area contributed by atoms with Crippen molar-refractivity contribution in [3.8, 4) is 11.5 Å². The number of benzene rings is 2. The van der Waals surface area contributed by atoms with E-state index in [2.05, 4.69) is 10.3 Å². The molecular formula is C19H19N3O2S. The number of carbonyl (C=O) groups excluding carboxylic acids is 1. The van der Waals surface area contributed by atoms with E-state index in [1.807, 2.05) is 78.8 Å². The Morgan fingerprint density at radius 2 is 1.88 bits per heavy atom. The van der Waals surface area contributed by atoms with Crippen molar-refractivity contribution in [2.24, 2.45) is 0 Å². The van der Waals surface area contributed by atoms with Crippen molar-refractivity contribution < 1.29 is 9.53 Å². The van der Waals surface area contributed by atoms with Gasteiger partial charge in [0.1, 0.15) is 5.75 Å². The Kier molecular flexibility index (Phi) is 5.30. The fourth-order valence-corrected chi connectivity index (χ4v) is 3.05. The molecule has 1 amide bonds. The molecule has 0 radical (unpaired) electrons. The Hall–Kier alpha value is -2.86. The molecule has 0 saturated carbocycles. The number of para-hydroxylation sites is 3. The second-order valence-electron chi connectivity index (χ2n) is 5.58. The number of rotatable bonds is 6. The van der Waals surface area contributed by atoms with E-state index >= 15 is 0 Å². The number of amides is 1. The summed E-state index contributed by atoms with van der Waals surface area (Å²) in [5.74, 6) is 1.34. The summed E-state index contributed by atoms with van der Waals surface area (Å²) in [6.07, 6.45) is 0. The molecule has 1 aromatic heterocycles. The summed E-state index contributed by atoms with van der Waals surface area (Å²) in [5, 5.41) is 5.34. The monoisotopic (exact) mass is 353 g/mol. The molecule has 0 saturated heterocycles. The minimum atomic E-state index is -0.119. The summed E-state index contributed by atoms with van der Waals surface area (Å²) in [6, 6.07) is 17.2. The van der Waals surface area contributed by atoms with Gasteiger partial charge in [0.2, 0.25) is 5.91 Å². The number of hydrogen-bond donors (Lipinski definition) is 1. The predicted octanol–water partition coefficient (Wildman–Crippen LogP) is 4.32. The zero-order valence-electron chi connectivity index (χ0n) is 14.1. The Balaban J connectivity index is 1.69. The molecule has 0 spiro atoms. The van der Waals surface area contributed by atoms with Crippen molar-refractivity contribution in [2.45, 2.75) is 6.92 Å². The normalized spacial score (nSPS) is 10.3. The molecule has 0 aliphatic heterocycles. The largest absolute Gasteiger partial charge is 0.455 e. The van der Waals surface area contributed by atoms with Gasteiger partial charge in [0.05, 0.1) is 17.9 Å². The first-order valence-electron chi connectivity index (χ1n) is 7.87. The van der Waals surface area contributed by atoms with E-state index < -0.39 is 0 Å². The minimum Gasteiger partial charge on any atom is -0.455 e. The molecule has 0 aliphatic carbocycles. The zero-order valence-corrected chi connectivity index (χ0v) is 14.9. The lowest BCUT2D eigenvalue weighted by atomic mass is 10.2. The molecule has 1 heterocycles. The maximum absolute atomic E-state index is 12.2. The van der Waals surface area contributed by atoms with Gasteiger partial charge in [0, 0.05) is 12.4 Å². The van der Waals surface area contributed by atoms with Crippen LogP contribution in [0.1, 0.15) is 5.69 Å². The fraction of sp³-hybridized carbons (Fsp3) is 0.158. The van der Waals surface area contributed by atoms with Crippen LogP contribution in [0.5, 0.6) is 11.5 Å². The van der Waals surface area contributed by atoms with Gasteiger partial charge in [-0.05, 0) is 31.2 Å². The van der Waals surface area contributed by atoms with Gasteiger partial charge < -0.3 is 15.0 Å². The summed E-state index contributed by atoms with van der Waals surface area (Å²) >= 11 is 1.42. The number of likely N-dealkylation sites (N-methyl/N-ethyl adjacent to an activating group) is 1. The smallest absolute Gasteiger partial charge is 0.245 e. The van der Waals surface area contributed by atoms with Gasteiger partial charge in [0.15, 0.2) is 10.9 Å². The van der Waals surface area contributed by atoms with Crippen LogP contribution in [0.25, 0.3) is 0 Å². The average Bonchev–Trinajstić information content (AvgIpc) is 3.01. The molecule has 6 heteroatoms. The second-order valence-corrected chi connectivity index (χ2v) is 6.44. The third-order valence-corrected chi connectivity index (χ3v) is 4.37. The first-order valence-corrected chi connectivity index (χ1v) is 8.75. The number of hydrogen-bond acceptors (Lipinski definition) is 5. The first-order chi connectivity index (χ1) is 12.1. The molecular weight excluding hydrogens is 334 g/mol. The Labute approximate surface area is 150 Å². The number of anilines is 2. The highest BCUT2D eigenvalue weighted by Crippen LogP contribution is 2.31. The van der Waals surface area contributed by atoms with Gasteiger partial charge >= 0.3 is 0 Å². The highest BCUT2D eigenvalue weighted by molar-refractivity contribution is 7.13. The van der Waals surface area contributed by atoms with Crippen LogP contribution in [-0.2, 0) is 4.79 Å². The minimum absolute atomic E-state index is 0.119. The molecule has 0 fully saturated rings. The van der Waals surface area contributed by atoms with Crippen molar-refractivity contribution in [1.82, 2.24) is 4.98 Å². The predicted molar refractivity (Wildman–Crippen MR) is 102 cm³/mol. The fourth-order valence-electron chi connectivity index (χ4n) is 2.35. The zero-order chi connectivity index (χ0) is 17.6. The molecule has 25 heavy (non-hydrogen) atoms. The van der Waals surface area contributed by atoms with E-state index in [0.29, 0.717) is 10.9 Å². The summed E-state index contributed by atoms with van der Waals surface area (Å²) in [6.45, 7) is 2.10. The number of nitrogens with one attached hydrogen (secondary N) is 1. The molecule has 128 valence electrons. The van der Waals surface area contributed by atoms with Gasteiger partial charge in [-0.15, -0.1) is 11.3 Å². The van der Waals surface area contributed by atoms with E-state index in [4.69, 9.17) is 4.74 Å². The van der Waals surface area contributed by atoms with Crippen molar-refractivity contribution >= 4 is 28.1 Å². The highest BCUT2D eigenvalue weighted by Gasteiger charge is 2.13. The molecule has 3 aromatic rings. The molecule has 5 nitrogen and oxygen atoms in total. The number of carbonyl (C=O) groups is 1. The van der Waals surface area contributed by atoms with E-state index in [9.17, 15) is 4.79 Å². The molecule has 3 rings (SSSR count). The van der Waals surface area contributed by atoms with Crippen molar-refractivity contribution in [3.05, 3.63) is 65.7 Å². The van der Waals surface area contributed by atoms with Gasteiger partial charge in [-0.3, -0.25) is 4.79 Å². The lowest BCUT2D eigenvalue weighted by molar-refractivity contribution is -0.114. The average molecular weight is 353 g/mol. The van der Waals surface area contributed by atoms with Crippen LogP contribution in [0.15, 0.2) is 60.0 Å². The van der Waals surface area contributed by atoms with Gasteiger partial charge in [0.25, 0.3) is 0 Å². The topological polar surface area (TPSA) is 54.5 Å². The van der Waals surface area contributed by atoms with Crippen molar-refractivity contribution in [3.63, 3.8) is 0 Å². The molecule has 0 aliphatic rings. The van der Waals surface area contributed by atoms with Crippen LogP contribution in [0, 0.1) is 6.92 Å². The summed E-state index contributed by atoms with van der Waals surface area (Å²) in [4.78, 5) is 18.4. The molecule has 2 aromatic carbocycles. The van der Waals surface area contributed by atoms with Crippen LogP contribution >= 0.6 is 11.3 Å². The van der Waals surface area contributed by atoms with Crippen LogP contribution in [0.3, 0.4) is 0 Å². The van der Waals surface area contributed by atoms with E-state index in [-0.39, 0.29) is 12.5 Å². The lowest BCUT2D eigenvalue weighted by Gasteiger charge is -2.21. The summed E-state index contributed by atoms with van der Waals surface area (Å²) in [5.41, 5.74) is 1.74. The van der Waals surface area contributed by atoms with Crippen molar-refractivity contribution in [1.29, 1.82) is 0 Å². The third-order valence-electron chi connectivity index (χ3n) is 3.49. The molecule has 1 N–H and O–H groups in total. The number of thiazole rings is 1. The Morgan fingerprint density at radius 3 is 2.60 bits per heavy atom. The quantitative estimate of drug-likeness (QED) is 0.717. The second kappa shape index (κ2) is 7.81. The first kappa shape index (κ1) is 17.0. The number of aromatic nitrogens is 1. The molecule has 0 unspecified atom stereocenters. The maximum Gasteiger partial charge on any atom is 0.245 e. The third kappa shape index (κ3) is 4.58. The van der Waals surface area contributed by atoms with Gasteiger partial charge in [-0.1, -0.05) is 30.3 Å². The van der Waals surface area contributed by atoms with Crippen LogP contribution in [-0.4, -0.2) is 24.5 Å². The van der Waals surface area contributed by atoms with Crippen LogP contribution in [0.2, 0.25) is 0 Å². The van der Waals surface area contributed by atoms with E-state index in [1.165, 1.54) is 11.3 Å². The summed E-state index contributed by atoms with van der Waals surface area (Å²) in [7, 11) is 1.86. The van der Waals surface area contributed by atoms with E-state index in [1.54, 1.807) is 0 Å². The van der Waals surface area contributed by atoms with Gasteiger partial charge in [-0.2, -0.15) is 0 Å². The van der Waals surface area contributed by atoms with Gasteiger partial charge in [-0.25, -0.2) is 4.98 Å². The van der Waals surface area contributed by atoms with Crippen LogP contribution < -0.4 is 15.0 Å². The number of ether oxygens (including phenoxy) is 1. The van der Waals surface area contributed by atoms with E-state index in [0.717, 1.165) is 17.1 Å². The Morgan fingerprint density at radius 1 is 1.16 bits per heavy atom. The molecule has 0 bridgehead atoms. The van der Waals surface area contributed by atoms with Crippen LogP contribution in [0.4, 0.5) is 10.8 Å². The van der Waals surface area contributed by atoms with Crippen molar-refractivity contribution in [2.75, 3.05) is 23.8 Å². The standard InChI is InChI=1S/C19H19N3O2S/c1-14-13-25-19(20-14)21-18(23)12-22(2)16-10-6-7-11-17(16)24-15-8-4-3-5-9-15/h3-11,13H,12H2,1-2H3,(H,20,21,23).